The maximum atomic E-state index is 4.66. The average Bonchev–Trinajstić information content (AvgIpc) is 3.29. The summed E-state index contributed by atoms with van der Waals surface area (Å²) in [4.78, 5) is 20.1. The Hall–Kier alpha value is -7.76. The summed E-state index contributed by atoms with van der Waals surface area (Å²) in [5.74, 6) is 0. The summed E-state index contributed by atoms with van der Waals surface area (Å²) in [6, 6.07) is 59.2. The monoisotopic (exact) mass is 727 g/mol. The highest BCUT2D eigenvalue weighted by Crippen LogP contribution is 2.40. The number of nitrogens with zero attached hydrogens (tertiary/aromatic N) is 5. The molecule has 5 heteroatoms. The Labute approximate surface area is 329 Å². The molecule has 0 amide bonds. The average molecular weight is 728 g/mol. The van der Waals surface area contributed by atoms with Gasteiger partial charge in [0.2, 0.25) is 0 Å². The van der Waals surface area contributed by atoms with Crippen LogP contribution in [0.5, 0.6) is 0 Å². The van der Waals surface area contributed by atoms with E-state index in [0.29, 0.717) is 0 Å². The van der Waals surface area contributed by atoms with E-state index in [-0.39, 0.29) is 0 Å². The maximum Gasteiger partial charge on any atom is 0.0885 e. The molecule has 0 saturated carbocycles. The number of hydrogen-bond acceptors (Lipinski definition) is 5. The predicted octanol–water partition coefficient (Wildman–Crippen LogP) is 13.5. The minimum Gasteiger partial charge on any atom is -0.310 e. The minimum absolute atomic E-state index is 0.887. The molecule has 57 heavy (non-hydrogen) atoms. The van der Waals surface area contributed by atoms with E-state index >= 15 is 0 Å². The lowest BCUT2D eigenvalue weighted by Crippen LogP contribution is -2.09. The fraction of sp³-hybridized carbons (Fsp3) is 0. The molecule has 0 N–H and O–H groups in total. The lowest BCUT2D eigenvalue weighted by molar-refractivity contribution is 1.28. The highest BCUT2D eigenvalue weighted by Gasteiger charge is 2.16. The molecule has 4 aromatic heterocycles. The van der Waals surface area contributed by atoms with Gasteiger partial charge >= 0.3 is 0 Å². The van der Waals surface area contributed by atoms with Gasteiger partial charge in [-0.1, -0.05) is 91.0 Å². The van der Waals surface area contributed by atoms with Gasteiger partial charge in [0.25, 0.3) is 0 Å². The fourth-order valence-corrected chi connectivity index (χ4v) is 8.06. The molecule has 0 aliphatic rings. The normalized spacial score (nSPS) is 11.5. The lowest BCUT2D eigenvalue weighted by Gasteiger charge is -2.26. The van der Waals surface area contributed by atoms with E-state index in [1.807, 2.05) is 36.9 Å². The van der Waals surface area contributed by atoms with E-state index in [4.69, 9.17) is 0 Å². The minimum atomic E-state index is 0.887. The number of aromatic nitrogens is 4. The van der Waals surface area contributed by atoms with Crippen LogP contribution in [-0.4, -0.2) is 19.9 Å². The van der Waals surface area contributed by atoms with Gasteiger partial charge in [-0.05, 0) is 127 Å². The van der Waals surface area contributed by atoms with Crippen molar-refractivity contribution in [2.45, 2.75) is 0 Å². The molecule has 11 rings (SSSR count). The van der Waals surface area contributed by atoms with Gasteiger partial charge in [0, 0.05) is 63.7 Å². The largest absolute Gasteiger partial charge is 0.310 e. The second-order valence-corrected chi connectivity index (χ2v) is 14.5. The first-order valence-corrected chi connectivity index (χ1v) is 19.1. The summed E-state index contributed by atoms with van der Waals surface area (Å²) in [5, 5.41) is 9.52. The van der Waals surface area contributed by atoms with Gasteiger partial charge in [-0.3, -0.25) is 19.9 Å². The third kappa shape index (κ3) is 5.99. The molecular formula is C52H33N5. The third-order valence-corrected chi connectivity index (χ3v) is 11.1. The van der Waals surface area contributed by atoms with E-state index in [1.165, 1.54) is 43.4 Å². The van der Waals surface area contributed by atoms with E-state index in [1.54, 1.807) is 12.4 Å². The van der Waals surface area contributed by atoms with Gasteiger partial charge in [0.15, 0.2) is 0 Å². The van der Waals surface area contributed by atoms with Gasteiger partial charge in [0.1, 0.15) is 0 Å². The van der Waals surface area contributed by atoms with Crippen molar-refractivity contribution in [2.75, 3.05) is 4.90 Å². The summed E-state index contributed by atoms with van der Waals surface area (Å²) in [6.07, 6.45) is 11.1. The number of fused-ring (bicyclic) bond motifs is 6. The highest BCUT2D eigenvalue weighted by atomic mass is 15.1. The molecule has 0 saturated heterocycles. The first-order valence-electron chi connectivity index (χ1n) is 19.1. The Bertz CT molecular complexity index is 3180. The Balaban J connectivity index is 0.981. The van der Waals surface area contributed by atoms with Crippen molar-refractivity contribution in [1.82, 2.24) is 19.9 Å². The number of pyridine rings is 4. The molecule has 0 atom stereocenters. The molecule has 7 aromatic carbocycles. The molecule has 0 bridgehead atoms. The Morgan fingerprint density at radius 1 is 0.298 bits per heavy atom. The van der Waals surface area contributed by atoms with Gasteiger partial charge in [-0.15, -0.1) is 0 Å². The molecule has 0 aliphatic heterocycles. The summed E-state index contributed by atoms with van der Waals surface area (Å²) in [6.45, 7) is 0. The molecule has 11 aromatic rings. The fourth-order valence-electron chi connectivity index (χ4n) is 8.06. The highest BCUT2D eigenvalue weighted by molar-refractivity contribution is 6.09. The topological polar surface area (TPSA) is 54.8 Å². The summed E-state index contributed by atoms with van der Waals surface area (Å²) >= 11 is 0. The Morgan fingerprint density at radius 3 is 1.37 bits per heavy atom. The molecule has 0 unspecified atom stereocenters. The van der Waals surface area contributed by atoms with Gasteiger partial charge in [-0.25, -0.2) is 0 Å². The summed E-state index contributed by atoms with van der Waals surface area (Å²) in [7, 11) is 0. The van der Waals surface area contributed by atoms with Crippen molar-refractivity contribution in [3.63, 3.8) is 0 Å². The first kappa shape index (κ1) is 32.7. The third-order valence-electron chi connectivity index (χ3n) is 11.1. The Kier molecular flexibility index (Phi) is 7.74. The first-order chi connectivity index (χ1) is 28.2. The molecule has 4 heterocycles. The zero-order chi connectivity index (χ0) is 37.7. The number of benzene rings is 7. The van der Waals surface area contributed by atoms with E-state index < -0.39 is 0 Å². The summed E-state index contributed by atoms with van der Waals surface area (Å²) < 4.78 is 0. The summed E-state index contributed by atoms with van der Waals surface area (Å²) in [5.41, 5.74) is 11.8. The number of rotatable bonds is 6. The van der Waals surface area contributed by atoms with Crippen LogP contribution in [0.3, 0.4) is 0 Å². The van der Waals surface area contributed by atoms with Crippen LogP contribution in [0.2, 0.25) is 0 Å². The van der Waals surface area contributed by atoms with Crippen LogP contribution in [0.15, 0.2) is 201 Å². The van der Waals surface area contributed by atoms with E-state index in [9.17, 15) is 0 Å². The van der Waals surface area contributed by atoms with Gasteiger partial charge in [-0.2, -0.15) is 0 Å². The van der Waals surface area contributed by atoms with Crippen molar-refractivity contribution in [3.8, 4) is 33.4 Å². The van der Waals surface area contributed by atoms with Crippen molar-refractivity contribution in [1.29, 1.82) is 0 Å². The van der Waals surface area contributed by atoms with Crippen molar-refractivity contribution in [3.05, 3.63) is 201 Å². The molecule has 0 fully saturated rings. The quantitative estimate of drug-likeness (QED) is 0.160. The lowest BCUT2D eigenvalue weighted by atomic mass is 9.96. The van der Waals surface area contributed by atoms with Crippen LogP contribution >= 0.6 is 0 Å². The molecule has 0 radical (unpaired) electrons. The molecule has 0 aliphatic carbocycles. The molecular weight excluding hydrogens is 695 g/mol. The van der Waals surface area contributed by atoms with Crippen LogP contribution in [0.4, 0.5) is 17.1 Å². The van der Waals surface area contributed by atoms with E-state index in [0.717, 1.165) is 61.1 Å². The number of anilines is 3. The predicted molar refractivity (Wildman–Crippen MR) is 236 cm³/mol. The van der Waals surface area contributed by atoms with Crippen LogP contribution in [0.1, 0.15) is 0 Å². The molecule has 5 nitrogen and oxygen atoms in total. The zero-order valence-electron chi connectivity index (χ0n) is 30.8. The van der Waals surface area contributed by atoms with Gasteiger partial charge < -0.3 is 4.90 Å². The molecule has 266 valence electrons. The Morgan fingerprint density at radius 2 is 0.754 bits per heavy atom. The van der Waals surface area contributed by atoms with Crippen molar-refractivity contribution in [2.24, 2.45) is 0 Å². The SMILES string of the molecule is c1ccc2cc(-c3ccc4c(ccc5cc(N(c6ccc(-c7cnc8cnccc8c7)cc6)c6ccc(-c7cnc8cnccc8c7)cc6)ccc54)c3)ccc2c1. The van der Waals surface area contributed by atoms with Crippen LogP contribution < -0.4 is 4.90 Å². The zero-order valence-corrected chi connectivity index (χ0v) is 30.8. The van der Waals surface area contributed by atoms with E-state index in [2.05, 4.69) is 176 Å². The van der Waals surface area contributed by atoms with Gasteiger partial charge in [0.05, 0.1) is 23.4 Å². The number of hydrogen-bond donors (Lipinski definition) is 0. The maximum absolute atomic E-state index is 4.66. The van der Waals surface area contributed by atoms with Crippen LogP contribution in [-0.2, 0) is 0 Å². The smallest absolute Gasteiger partial charge is 0.0885 e. The second-order valence-electron chi connectivity index (χ2n) is 14.5. The molecule has 0 spiro atoms. The van der Waals surface area contributed by atoms with Crippen molar-refractivity contribution >= 4 is 71.2 Å². The van der Waals surface area contributed by atoms with Crippen LogP contribution in [0.25, 0.3) is 87.5 Å². The second kappa shape index (κ2) is 13.5. The van der Waals surface area contributed by atoms with Crippen LogP contribution in [0, 0.1) is 0 Å². The standard InChI is InChI=1S/C52H33N5/c1-2-4-37-25-38(6-5-34(37)3-1)39-13-19-49-40(26-39)7-8-41-29-48(18-20-50(41)49)57(46-14-9-35(10-15-46)44-27-42-21-23-53-32-51(42)55-30-44)47-16-11-36(12-17-47)45-28-43-22-24-54-33-52(43)56-31-45/h1-33H. The van der Waals surface area contributed by atoms with Crippen molar-refractivity contribution < 1.29 is 0 Å².